The van der Waals surface area contributed by atoms with Gasteiger partial charge in [-0.3, -0.25) is 20.4 Å². The van der Waals surface area contributed by atoms with Gasteiger partial charge in [-0.05, 0) is 43.2 Å². The largest absolute Gasteiger partial charge is 0.352 e. The zero-order valence-corrected chi connectivity index (χ0v) is 18.7. The fourth-order valence-corrected chi connectivity index (χ4v) is 3.87. The fraction of sp³-hybridized carbons (Fsp3) is 0.286. The molecule has 0 spiro atoms. The van der Waals surface area contributed by atoms with Gasteiger partial charge in [-0.15, -0.1) is 0 Å². The molecule has 0 saturated heterocycles. The molecule has 4 amide bonds. The van der Waals surface area contributed by atoms with E-state index in [0.717, 1.165) is 5.56 Å². The van der Waals surface area contributed by atoms with Crippen LogP contribution in [0.4, 0.5) is 4.79 Å². The van der Waals surface area contributed by atoms with Gasteiger partial charge in [0, 0.05) is 32.1 Å². The predicted octanol–water partition coefficient (Wildman–Crippen LogP) is 1.03. The molecule has 5 N–H and O–H groups in total. The first kappa shape index (κ1) is 24.8. The second-order valence-electron chi connectivity index (χ2n) is 7.17. The Morgan fingerprint density at radius 3 is 2.19 bits per heavy atom. The van der Waals surface area contributed by atoms with Crippen LogP contribution in [0.2, 0.25) is 0 Å². The molecule has 172 valence electrons. The molecule has 2 aromatic rings. The average Bonchev–Trinajstić information content (AvgIpc) is 2.75. The van der Waals surface area contributed by atoms with E-state index in [9.17, 15) is 22.8 Å². The monoisotopic (exact) mass is 461 g/mol. The Balaban J connectivity index is 1.86. The lowest BCUT2D eigenvalue weighted by Crippen LogP contribution is -2.41. The van der Waals surface area contributed by atoms with Gasteiger partial charge in [0.15, 0.2) is 0 Å². The van der Waals surface area contributed by atoms with E-state index in [2.05, 4.69) is 16.2 Å². The van der Waals surface area contributed by atoms with E-state index in [4.69, 9.17) is 5.73 Å². The molecule has 2 aromatic carbocycles. The highest BCUT2D eigenvalue weighted by Crippen LogP contribution is 2.17. The minimum Gasteiger partial charge on any atom is -0.352 e. The number of primary amides is 1. The maximum absolute atomic E-state index is 12.7. The number of sulfonamides is 1. The lowest BCUT2D eigenvalue weighted by molar-refractivity contribution is -0.121. The zero-order valence-electron chi connectivity index (χ0n) is 17.9. The normalized spacial score (nSPS) is 11.1. The third-order valence-corrected chi connectivity index (χ3v) is 6.36. The highest BCUT2D eigenvalue weighted by atomic mass is 32.2. The van der Waals surface area contributed by atoms with E-state index in [1.165, 1.54) is 11.4 Å². The highest BCUT2D eigenvalue weighted by Gasteiger charge is 2.20. The van der Waals surface area contributed by atoms with E-state index in [0.29, 0.717) is 17.5 Å². The molecule has 0 aliphatic carbocycles. The van der Waals surface area contributed by atoms with Crippen LogP contribution in [0.15, 0.2) is 53.4 Å². The summed E-state index contributed by atoms with van der Waals surface area (Å²) in [4.78, 5) is 34.6. The van der Waals surface area contributed by atoms with Crippen molar-refractivity contribution in [3.05, 3.63) is 65.2 Å². The fourth-order valence-electron chi connectivity index (χ4n) is 2.72. The van der Waals surface area contributed by atoms with E-state index >= 15 is 0 Å². The lowest BCUT2D eigenvalue weighted by atomic mass is 10.1. The molecule has 0 saturated carbocycles. The van der Waals surface area contributed by atoms with Crippen LogP contribution in [-0.4, -0.2) is 44.2 Å². The van der Waals surface area contributed by atoms with Crippen molar-refractivity contribution in [1.29, 1.82) is 0 Å². The van der Waals surface area contributed by atoms with Crippen LogP contribution >= 0.6 is 0 Å². The van der Waals surface area contributed by atoms with Gasteiger partial charge in [-0.2, -0.15) is 4.31 Å². The van der Waals surface area contributed by atoms with Gasteiger partial charge in [0.05, 0.1) is 4.90 Å². The van der Waals surface area contributed by atoms with Crippen molar-refractivity contribution >= 4 is 27.9 Å². The molecule has 11 heteroatoms. The Hall–Kier alpha value is -3.44. The van der Waals surface area contributed by atoms with Crippen molar-refractivity contribution in [2.45, 2.75) is 31.2 Å². The summed E-state index contributed by atoms with van der Waals surface area (Å²) >= 11 is 0. The number of rotatable bonds is 9. The first-order valence-corrected chi connectivity index (χ1v) is 11.3. The summed E-state index contributed by atoms with van der Waals surface area (Å²) in [5.74, 6) is -0.926. The quantitative estimate of drug-likeness (QED) is 0.325. The number of nitrogens with two attached hydrogens (primary N) is 1. The van der Waals surface area contributed by atoms with Crippen LogP contribution in [0.1, 0.15) is 34.3 Å². The number of urea groups is 1. The number of benzene rings is 2. The van der Waals surface area contributed by atoms with Crippen molar-refractivity contribution in [3.63, 3.8) is 0 Å². The van der Waals surface area contributed by atoms with Gasteiger partial charge >= 0.3 is 6.03 Å². The number of hydrazine groups is 1. The van der Waals surface area contributed by atoms with E-state index in [-0.39, 0.29) is 24.4 Å². The van der Waals surface area contributed by atoms with Crippen molar-refractivity contribution in [1.82, 2.24) is 20.5 Å². The molecular formula is C21H27N5O5S. The molecule has 10 nitrogen and oxygen atoms in total. The number of amides is 4. The zero-order chi connectivity index (χ0) is 23.7. The van der Waals surface area contributed by atoms with Crippen LogP contribution in [0.5, 0.6) is 0 Å². The van der Waals surface area contributed by atoms with Gasteiger partial charge in [-0.1, -0.05) is 29.8 Å². The number of nitrogens with zero attached hydrogens (tertiary/aromatic N) is 1. The third kappa shape index (κ3) is 7.36. The first-order valence-electron chi connectivity index (χ1n) is 9.84. The molecule has 32 heavy (non-hydrogen) atoms. The Morgan fingerprint density at radius 2 is 1.59 bits per heavy atom. The van der Waals surface area contributed by atoms with Crippen LogP contribution in [0.25, 0.3) is 0 Å². The highest BCUT2D eigenvalue weighted by molar-refractivity contribution is 7.89. The second kappa shape index (κ2) is 11.3. The number of hydrogen-bond donors (Lipinski definition) is 4. The molecule has 2 rings (SSSR count). The van der Waals surface area contributed by atoms with Crippen molar-refractivity contribution < 1.29 is 22.8 Å². The number of carbonyl (C=O) groups is 3. The number of aryl methyl sites for hydroxylation is 1. The molecule has 0 radical (unpaired) electrons. The Labute approximate surface area is 187 Å². The molecule has 0 unspecified atom stereocenters. The maximum atomic E-state index is 12.7. The number of nitrogens with one attached hydrogen (secondary N) is 3. The van der Waals surface area contributed by atoms with E-state index in [1.807, 2.05) is 6.92 Å². The maximum Gasteiger partial charge on any atom is 0.312 e. The first-order chi connectivity index (χ1) is 15.1. The molecule has 0 bridgehead atoms. The Kier molecular flexibility index (Phi) is 8.73. The van der Waals surface area contributed by atoms with Crippen molar-refractivity contribution in [3.8, 4) is 0 Å². The summed E-state index contributed by atoms with van der Waals surface area (Å²) in [6.45, 7) is 2.27. The van der Waals surface area contributed by atoms with Crippen LogP contribution < -0.4 is 21.9 Å². The van der Waals surface area contributed by atoms with Gasteiger partial charge in [-0.25, -0.2) is 13.2 Å². The lowest BCUT2D eigenvalue weighted by Gasteiger charge is -2.17. The van der Waals surface area contributed by atoms with E-state index in [1.54, 1.807) is 48.5 Å². The predicted molar refractivity (Wildman–Crippen MR) is 119 cm³/mol. The van der Waals surface area contributed by atoms with Gasteiger partial charge in [0.1, 0.15) is 0 Å². The van der Waals surface area contributed by atoms with Crippen molar-refractivity contribution in [2.24, 2.45) is 5.73 Å². The number of carbonyl (C=O) groups excluding carboxylic acids is 3. The minimum absolute atomic E-state index is 0.0985. The molecule has 0 aliphatic rings. The average molecular weight is 462 g/mol. The number of hydrogen-bond acceptors (Lipinski definition) is 5. The van der Waals surface area contributed by atoms with Crippen molar-refractivity contribution in [2.75, 3.05) is 13.6 Å². The van der Waals surface area contributed by atoms with Gasteiger partial charge in [0.2, 0.25) is 15.9 Å². The molecule has 0 aliphatic heterocycles. The van der Waals surface area contributed by atoms with Crippen LogP contribution in [0.3, 0.4) is 0 Å². The smallest absolute Gasteiger partial charge is 0.312 e. The summed E-state index contributed by atoms with van der Waals surface area (Å²) in [5.41, 5.74) is 11.5. The summed E-state index contributed by atoms with van der Waals surface area (Å²) in [6, 6.07) is 12.3. The summed E-state index contributed by atoms with van der Waals surface area (Å²) in [7, 11) is -2.15. The standard InChI is InChI=1S/C21H27N5O5S/c1-15-5-11-18(12-6-15)32(30,31)26(2)14-16-7-9-17(10-8-16)20(28)25-24-19(27)4-3-13-23-21(22)29/h5-12H,3-4,13-14H2,1-2H3,(H,24,27)(H,25,28)(H3,22,23,29). The molecule has 0 heterocycles. The molecule has 0 aromatic heterocycles. The summed E-state index contributed by atoms with van der Waals surface area (Å²) < 4.78 is 26.6. The van der Waals surface area contributed by atoms with Gasteiger partial charge in [0.25, 0.3) is 5.91 Å². The van der Waals surface area contributed by atoms with Crippen LogP contribution in [-0.2, 0) is 21.4 Å². The molecule has 0 atom stereocenters. The van der Waals surface area contributed by atoms with Crippen LogP contribution in [0, 0.1) is 6.92 Å². The Morgan fingerprint density at radius 1 is 0.969 bits per heavy atom. The third-order valence-electron chi connectivity index (χ3n) is 4.55. The molecular weight excluding hydrogens is 434 g/mol. The minimum atomic E-state index is -3.64. The topological polar surface area (TPSA) is 151 Å². The Bertz CT molecular complexity index is 1050. The SMILES string of the molecule is Cc1ccc(S(=O)(=O)N(C)Cc2ccc(C(=O)NNC(=O)CCCNC(N)=O)cc2)cc1. The molecule has 0 fully saturated rings. The summed E-state index contributed by atoms with van der Waals surface area (Å²) in [6.07, 6.45) is 0.472. The summed E-state index contributed by atoms with van der Waals surface area (Å²) in [5, 5.41) is 2.36. The van der Waals surface area contributed by atoms with E-state index < -0.39 is 27.9 Å². The second-order valence-corrected chi connectivity index (χ2v) is 9.21. The van der Waals surface area contributed by atoms with Gasteiger partial charge < -0.3 is 11.1 Å².